The number of unbranched alkanes of at least 4 members (excludes halogenated alkanes) is 2. The summed E-state index contributed by atoms with van der Waals surface area (Å²) in [6.07, 6.45) is 12.7. The average Bonchev–Trinajstić information content (AvgIpc) is 3.40. The second-order valence-electron chi connectivity index (χ2n) is 15.9. The summed E-state index contributed by atoms with van der Waals surface area (Å²) in [4.78, 5) is 28.9. The van der Waals surface area contributed by atoms with E-state index < -0.39 is 30.6 Å². The number of aliphatic hydroxyl groups excluding tert-OH is 1. The van der Waals surface area contributed by atoms with Crippen molar-refractivity contribution in [1.82, 2.24) is 4.90 Å². The van der Waals surface area contributed by atoms with Crippen molar-refractivity contribution in [2.75, 3.05) is 13.6 Å². The van der Waals surface area contributed by atoms with Crippen LogP contribution >= 0.6 is 0 Å². The number of aliphatic hydroxyl groups is 1. The first kappa shape index (κ1) is 32.6. The first-order valence-electron chi connectivity index (χ1n) is 18.3. The molecule has 8 rings (SSSR count). The number of hydrogen-bond acceptors (Lipinski definition) is 8. The Balaban J connectivity index is 1.03. The summed E-state index contributed by atoms with van der Waals surface area (Å²) in [7, 11) is 2.16. The van der Waals surface area contributed by atoms with Gasteiger partial charge in [-0.3, -0.25) is 9.59 Å². The molecule has 1 spiro atoms. The number of aryl methyl sites for hydroxylation is 1. The van der Waals surface area contributed by atoms with Crippen LogP contribution in [0.5, 0.6) is 23.0 Å². The fraction of sp³-hybridized carbons (Fsp3) is 0.561. The summed E-state index contributed by atoms with van der Waals surface area (Å²) in [6.45, 7) is 9.61. The maximum atomic E-state index is 13.3. The van der Waals surface area contributed by atoms with Gasteiger partial charge in [-0.25, -0.2) is 0 Å². The topological polar surface area (TPSA) is 94.5 Å². The number of ether oxygens (including phenoxy) is 4. The zero-order valence-electron chi connectivity index (χ0n) is 29.4. The molecule has 8 heteroatoms. The van der Waals surface area contributed by atoms with Gasteiger partial charge < -0.3 is 29.0 Å². The Kier molecular flexibility index (Phi) is 7.99. The third-order valence-corrected chi connectivity index (χ3v) is 12.5. The predicted octanol–water partition coefficient (Wildman–Crippen LogP) is 6.74. The van der Waals surface area contributed by atoms with Gasteiger partial charge >= 0.3 is 11.9 Å². The molecule has 0 radical (unpaired) electrons. The summed E-state index contributed by atoms with van der Waals surface area (Å²) in [5.41, 5.74) is 5.27. The molecular weight excluding hydrogens is 618 g/mol. The normalized spacial score (nSPS) is 31.3. The molecule has 6 aliphatic rings. The lowest BCUT2D eigenvalue weighted by Gasteiger charge is -2.56. The molecule has 2 bridgehead atoms. The number of hydrogen-bond donors (Lipinski definition) is 1. The number of benzene rings is 2. The van der Waals surface area contributed by atoms with E-state index >= 15 is 0 Å². The Morgan fingerprint density at radius 2 is 1.92 bits per heavy atom. The lowest BCUT2D eigenvalue weighted by Crippen LogP contribution is -2.64. The SMILES string of the molecule is CCCCCc1cc(OC(=O)CC(=O)Oc2ccc3c4c2OC2C(O)C=CC5C(C3)N(C)CCC452)cc2c1[C@@H]1C=C(C)CC[C@H]1C(C)(C)O2. The largest absolute Gasteiger partial charge is 0.487 e. The van der Waals surface area contributed by atoms with Crippen LogP contribution in [0.4, 0.5) is 0 Å². The number of nitrogens with zero attached hydrogens (tertiary/aromatic N) is 1. The second kappa shape index (κ2) is 12.0. The van der Waals surface area contributed by atoms with E-state index in [4.69, 9.17) is 18.9 Å². The molecule has 1 saturated heterocycles. The second-order valence-corrected chi connectivity index (χ2v) is 15.9. The van der Waals surface area contributed by atoms with Gasteiger partial charge in [-0.05, 0) is 96.1 Å². The van der Waals surface area contributed by atoms with Crippen molar-refractivity contribution in [2.24, 2.45) is 11.8 Å². The van der Waals surface area contributed by atoms with Crippen molar-refractivity contribution in [3.63, 3.8) is 0 Å². The minimum absolute atomic E-state index is 0.205. The maximum absolute atomic E-state index is 13.3. The standard InChI is InChI=1S/C41H49NO7/c1-6-7-8-9-24-19-26(21-33-36(24)27-18-23(2)10-12-28(27)40(3,4)49-33)46-34(44)22-35(45)47-32-15-11-25-20-30-29-13-14-31(43)39-41(29,16-17-42(30)5)37(25)38(32)48-39/h11,13-15,18-19,21,27-31,39,43H,6-10,12,16-17,20,22H2,1-5H3/t27-,28-,29?,30?,31?,39?,41?/m1/s1. The minimum atomic E-state index is -0.751. The molecular formula is C41H49NO7. The summed E-state index contributed by atoms with van der Waals surface area (Å²) in [5, 5.41) is 11.0. The van der Waals surface area contributed by atoms with Crippen LogP contribution < -0.4 is 18.9 Å². The molecule has 0 amide bonds. The van der Waals surface area contributed by atoms with E-state index in [0.717, 1.165) is 74.8 Å². The summed E-state index contributed by atoms with van der Waals surface area (Å²) in [5.74, 6) is 1.40. The Morgan fingerprint density at radius 1 is 1.10 bits per heavy atom. The number of carbonyl (C=O) groups is 2. The number of carbonyl (C=O) groups excluding carboxylic acids is 2. The molecule has 1 fully saturated rings. The van der Waals surface area contributed by atoms with Crippen molar-refractivity contribution < 1.29 is 33.6 Å². The van der Waals surface area contributed by atoms with E-state index in [-0.39, 0.29) is 28.6 Å². The first-order chi connectivity index (χ1) is 23.5. The summed E-state index contributed by atoms with van der Waals surface area (Å²) >= 11 is 0. The van der Waals surface area contributed by atoms with Gasteiger partial charge in [0.25, 0.3) is 0 Å². The molecule has 0 aromatic heterocycles. The Hall–Kier alpha value is -3.62. The smallest absolute Gasteiger partial charge is 0.322 e. The highest BCUT2D eigenvalue weighted by atomic mass is 16.6. The minimum Gasteiger partial charge on any atom is -0.487 e. The Bertz CT molecular complexity index is 1760. The maximum Gasteiger partial charge on any atom is 0.322 e. The molecule has 5 unspecified atom stereocenters. The monoisotopic (exact) mass is 667 g/mol. The molecule has 3 aliphatic carbocycles. The fourth-order valence-corrected chi connectivity index (χ4v) is 10.2. The van der Waals surface area contributed by atoms with Gasteiger partial charge in [0, 0.05) is 46.4 Å². The molecule has 0 saturated carbocycles. The number of likely N-dealkylation sites (N-methyl/N-ethyl adjacent to an activating group) is 1. The van der Waals surface area contributed by atoms with Crippen LogP contribution in [0, 0.1) is 11.8 Å². The molecule has 260 valence electrons. The van der Waals surface area contributed by atoms with E-state index in [9.17, 15) is 14.7 Å². The van der Waals surface area contributed by atoms with Crippen molar-refractivity contribution in [2.45, 2.75) is 121 Å². The van der Waals surface area contributed by atoms with Crippen LogP contribution in [-0.4, -0.2) is 59.4 Å². The third-order valence-electron chi connectivity index (χ3n) is 12.5. The van der Waals surface area contributed by atoms with Crippen LogP contribution in [0.1, 0.15) is 101 Å². The van der Waals surface area contributed by atoms with Crippen molar-refractivity contribution >= 4 is 11.9 Å². The molecule has 2 aromatic carbocycles. The molecule has 3 aliphatic heterocycles. The van der Waals surface area contributed by atoms with E-state index in [0.29, 0.717) is 23.5 Å². The highest BCUT2D eigenvalue weighted by Gasteiger charge is 2.64. The predicted molar refractivity (Wildman–Crippen MR) is 185 cm³/mol. The zero-order chi connectivity index (χ0) is 34.2. The average molecular weight is 668 g/mol. The molecule has 1 N–H and O–H groups in total. The van der Waals surface area contributed by atoms with Crippen molar-refractivity contribution in [3.05, 3.63) is 70.3 Å². The number of piperidine rings is 1. The van der Waals surface area contributed by atoms with Gasteiger partial charge in [0.05, 0.1) is 0 Å². The van der Waals surface area contributed by atoms with Gasteiger partial charge in [0.1, 0.15) is 35.7 Å². The van der Waals surface area contributed by atoms with E-state index in [1.165, 1.54) is 16.7 Å². The number of esters is 2. The zero-order valence-corrected chi connectivity index (χ0v) is 29.4. The summed E-state index contributed by atoms with van der Waals surface area (Å²) < 4.78 is 24.8. The van der Waals surface area contributed by atoms with Gasteiger partial charge in [-0.15, -0.1) is 0 Å². The lowest BCUT2D eigenvalue weighted by atomic mass is 9.53. The molecule has 3 heterocycles. The number of likely N-dealkylation sites (tertiary alicyclic amines) is 1. The van der Waals surface area contributed by atoms with Gasteiger partial charge in [-0.2, -0.15) is 0 Å². The van der Waals surface area contributed by atoms with Crippen molar-refractivity contribution in [3.8, 4) is 23.0 Å². The molecule has 2 aromatic rings. The Morgan fingerprint density at radius 3 is 2.73 bits per heavy atom. The molecule has 7 atom stereocenters. The van der Waals surface area contributed by atoms with Gasteiger partial charge in [0.15, 0.2) is 11.5 Å². The number of fused-ring (bicyclic) bond motifs is 3. The van der Waals surface area contributed by atoms with E-state index in [1.807, 2.05) is 24.3 Å². The third kappa shape index (κ3) is 5.24. The lowest BCUT2D eigenvalue weighted by molar-refractivity contribution is -0.144. The first-order valence-corrected chi connectivity index (χ1v) is 18.3. The van der Waals surface area contributed by atoms with Gasteiger partial charge in [-0.1, -0.05) is 49.6 Å². The Labute approximate surface area is 289 Å². The summed E-state index contributed by atoms with van der Waals surface area (Å²) in [6, 6.07) is 7.89. The van der Waals surface area contributed by atoms with E-state index in [1.54, 1.807) is 6.07 Å². The quantitative estimate of drug-likeness (QED) is 0.109. The number of allylic oxidation sites excluding steroid dienone is 2. The van der Waals surface area contributed by atoms with E-state index in [2.05, 4.69) is 51.8 Å². The number of rotatable bonds is 8. The van der Waals surface area contributed by atoms with Crippen molar-refractivity contribution in [1.29, 1.82) is 0 Å². The molecule has 49 heavy (non-hydrogen) atoms. The van der Waals surface area contributed by atoms with Crippen LogP contribution in [0.15, 0.2) is 48.1 Å². The van der Waals surface area contributed by atoms with Crippen LogP contribution in [0.3, 0.4) is 0 Å². The fourth-order valence-electron chi connectivity index (χ4n) is 10.2. The van der Waals surface area contributed by atoms with Gasteiger partial charge in [0.2, 0.25) is 0 Å². The highest BCUT2D eigenvalue weighted by molar-refractivity contribution is 5.93. The molecule has 8 nitrogen and oxygen atoms in total. The van der Waals surface area contributed by atoms with Crippen LogP contribution in [0.25, 0.3) is 0 Å². The van der Waals surface area contributed by atoms with Crippen LogP contribution in [0.2, 0.25) is 0 Å². The highest BCUT2D eigenvalue weighted by Crippen LogP contribution is 2.62. The van der Waals surface area contributed by atoms with Crippen LogP contribution in [-0.2, 0) is 27.8 Å².